The van der Waals surface area contributed by atoms with Gasteiger partial charge in [-0.3, -0.25) is 0 Å². The third-order valence-corrected chi connectivity index (χ3v) is 5.33. The first-order chi connectivity index (χ1) is 9.69. The molecule has 20 heavy (non-hydrogen) atoms. The number of aryl methyl sites for hydroxylation is 2. The average molecular weight is 309 g/mol. The molecule has 0 aliphatic carbocycles. The molecule has 0 fully saturated rings. The van der Waals surface area contributed by atoms with Crippen LogP contribution in [0.3, 0.4) is 0 Å². The number of oxazole rings is 1. The third-order valence-electron chi connectivity index (χ3n) is 3.10. The Bertz CT molecular complexity index is 621. The van der Waals surface area contributed by atoms with Crippen LogP contribution in [-0.4, -0.2) is 23.3 Å². The highest BCUT2D eigenvalue weighted by atomic mass is 32.2. The van der Waals surface area contributed by atoms with Gasteiger partial charge in [0, 0.05) is 10.6 Å². The first-order valence-corrected chi connectivity index (χ1v) is 8.50. The van der Waals surface area contributed by atoms with Crippen molar-refractivity contribution >= 4 is 29.1 Å². The van der Waals surface area contributed by atoms with E-state index in [1.807, 2.05) is 11.8 Å². The molecule has 0 N–H and O–H groups in total. The summed E-state index contributed by atoms with van der Waals surface area (Å²) in [6.45, 7) is 3.87. The minimum absolute atomic E-state index is 0.211. The molecule has 0 unspecified atom stereocenters. The monoisotopic (exact) mass is 309 g/mol. The Morgan fingerprint density at radius 1 is 1.55 bits per heavy atom. The lowest BCUT2D eigenvalue weighted by Crippen LogP contribution is -2.04. The molecule has 0 aromatic carbocycles. The molecule has 0 amide bonds. The number of hydrogen-bond acceptors (Lipinski definition) is 6. The summed E-state index contributed by atoms with van der Waals surface area (Å²) in [5, 5.41) is 0. The summed E-state index contributed by atoms with van der Waals surface area (Å²) < 4.78 is 10.6. The molecular weight excluding hydrogens is 294 g/mol. The van der Waals surface area contributed by atoms with E-state index in [1.54, 1.807) is 25.2 Å². The minimum atomic E-state index is -0.444. The van der Waals surface area contributed by atoms with Gasteiger partial charge in [0.25, 0.3) is 0 Å². The summed E-state index contributed by atoms with van der Waals surface area (Å²) in [7, 11) is 0. The molecular formula is C14H15NO3S2. The number of ether oxygens (including phenoxy) is 1. The molecule has 106 valence electrons. The molecule has 0 bridgehead atoms. The molecule has 0 saturated carbocycles. The van der Waals surface area contributed by atoms with E-state index < -0.39 is 5.97 Å². The van der Waals surface area contributed by atoms with Gasteiger partial charge in [-0.2, -0.15) is 11.8 Å². The number of carbonyl (C=O) groups is 1. The van der Waals surface area contributed by atoms with Crippen LogP contribution in [0.4, 0.5) is 0 Å². The second-order valence-corrected chi connectivity index (χ2v) is 6.76. The molecule has 0 saturated heterocycles. The smallest absolute Gasteiger partial charge is 0.376 e. The molecule has 0 spiro atoms. The maximum Gasteiger partial charge on any atom is 0.376 e. The van der Waals surface area contributed by atoms with Gasteiger partial charge in [-0.25, -0.2) is 9.78 Å². The highest BCUT2D eigenvalue weighted by Gasteiger charge is 2.22. The molecule has 4 nitrogen and oxygen atoms in total. The van der Waals surface area contributed by atoms with E-state index in [2.05, 4.69) is 11.1 Å². The van der Waals surface area contributed by atoms with Crippen LogP contribution in [-0.2, 0) is 16.9 Å². The summed E-state index contributed by atoms with van der Waals surface area (Å²) in [6, 6.07) is 2.13. The third kappa shape index (κ3) is 2.50. The number of aromatic nitrogens is 1. The van der Waals surface area contributed by atoms with Crippen molar-refractivity contribution < 1.29 is 13.9 Å². The largest absolute Gasteiger partial charge is 0.460 e. The van der Waals surface area contributed by atoms with Gasteiger partial charge in [-0.15, -0.1) is 11.3 Å². The fraction of sp³-hybridized carbons (Fsp3) is 0.429. The Morgan fingerprint density at radius 3 is 3.15 bits per heavy atom. The zero-order valence-corrected chi connectivity index (χ0v) is 13.0. The molecule has 1 aliphatic heterocycles. The standard InChI is InChI=1S/C14H15NO3S2/c1-3-17-14(16)12-8(2)15-13(18-12)11-6-9-7-19-5-4-10(9)20-11/h6H,3-5,7H2,1-2H3. The van der Waals surface area contributed by atoms with E-state index in [-0.39, 0.29) is 5.76 Å². The average Bonchev–Trinajstić information content (AvgIpc) is 3.02. The second kappa shape index (κ2) is 5.61. The van der Waals surface area contributed by atoms with E-state index in [0.29, 0.717) is 18.2 Å². The van der Waals surface area contributed by atoms with Crippen molar-refractivity contribution in [1.82, 2.24) is 4.98 Å². The summed E-state index contributed by atoms with van der Waals surface area (Å²) >= 11 is 3.66. The number of nitrogens with zero attached hydrogens (tertiary/aromatic N) is 1. The predicted molar refractivity (Wildman–Crippen MR) is 80.4 cm³/mol. The van der Waals surface area contributed by atoms with Gasteiger partial charge < -0.3 is 9.15 Å². The lowest BCUT2D eigenvalue weighted by atomic mass is 10.2. The molecule has 3 heterocycles. The Kier molecular flexibility index (Phi) is 3.85. The van der Waals surface area contributed by atoms with Crippen LogP contribution in [0.2, 0.25) is 0 Å². The highest BCUT2D eigenvalue weighted by Crippen LogP contribution is 2.37. The van der Waals surface area contributed by atoms with E-state index in [4.69, 9.17) is 9.15 Å². The second-order valence-electron chi connectivity index (χ2n) is 4.52. The van der Waals surface area contributed by atoms with Gasteiger partial charge in [-0.1, -0.05) is 0 Å². The van der Waals surface area contributed by atoms with Crippen LogP contribution in [0.15, 0.2) is 10.5 Å². The molecule has 2 aromatic heterocycles. The molecule has 0 radical (unpaired) electrons. The van der Waals surface area contributed by atoms with E-state index in [1.165, 1.54) is 16.2 Å². The number of hydrogen-bond donors (Lipinski definition) is 0. The molecule has 1 aliphatic rings. The van der Waals surface area contributed by atoms with Gasteiger partial charge in [0.2, 0.25) is 11.7 Å². The fourth-order valence-electron chi connectivity index (χ4n) is 2.14. The molecule has 2 aromatic rings. The Balaban J connectivity index is 1.92. The van der Waals surface area contributed by atoms with Crippen LogP contribution in [0.5, 0.6) is 0 Å². The number of fused-ring (bicyclic) bond motifs is 1. The van der Waals surface area contributed by atoms with Gasteiger partial charge in [0.05, 0.1) is 17.2 Å². The van der Waals surface area contributed by atoms with Gasteiger partial charge in [0.1, 0.15) is 0 Å². The Hall–Kier alpha value is -1.27. The van der Waals surface area contributed by atoms with Gasteiger partial charge in [-0.05, 0) is 37.7 Å². The maximum atomic E-state index is 11.7. The fourth-order valence-corrected chi connectivity index (χ4v) is 4.44. The zero-order chi connectivity index (χ0) is 14.1. The number of rotatable bonds is 3. The number of esters is 1. The topological polar surface area (TPSA) is 52.3 Å². The first-order valence-electron chi connectivity index (χ1n) is 6.53. The van der Waals surface area contributed by atoms with Gasteiger partial charge in [0.15, 0.2) is 0 Å². The van der Waals surface area contributed by atoms with E-state index >= 15 is 0 Å². The van der Waals surface area contributed by atoms with Crippen molar-refractivity contribution in [3.8, 4) is 10.8 Å². The normalized spacial score (nSPS) is 14.1. The maximum absolute atomic E-state index is 11.7. The van der Waals surface area contributed by atoms with Crippen molar-refractivity contribution in [2.45, 2.75) is 26.0 Å². The molecule has 3 rings (SSSR count). The van der Waals surface area contributed by atoms with Crippen molar-refractivity contribution in [3.05, 3.63) is 28.0 Å². The van der Waals surface area contributed by atoms with E-state index in [0.717, 1.165) is 17.1 Å². The summed E-state index contributed by atoms with van der Waals surface area (Å²) in [5.74, 6) is 2.51. The lowest BCUT2D eigenvalue weighted by molar-refractivity contribution is 0.0490. The molecule has 6 heteroatoms. The van der Waals surface area contributed by atoms with Crippen LogP contribution in [0, 0.1) is 6.92 Å². The highest BCUT2D eigenvalue weighted by molar-refractivity contribution is 7.98. The van der Waals surface area contributed by atoms with Gasteiger partial charge >= 0.3 is 5.97 Å². The van der Waals surface area contributed by atoms with Crippen LogP contribution in [0.25, 0.3) is 10.8 Å². The van der Waals surface area contributed by atoms with Crippen LogP contribution >= 0.6 is 23.1 Å². The predicted octanol–water partition coefficient (Wildman–Crippen LogP) is 3.68. The van der Waals surface area contributed by atoms with Crippen molar-refractivity contribution in [2.24, 2.45) is 0 Å². The van der Waals surface area contributed by atoms with Crippen LogP contribution in [0.1, 0.15) is 33.6 Å². The Labute approximate surface area is 125 Å². The minimum Gasteiger partial charge on any atom is -0.460 e. The summed E-state index contributed by atoms with van der Waals surface area (Å²) in [4.78, 5) is 18.5. The SMILES string of the molecule is CCOC(=O)c1oc(-c2cc3c(s2)CCSC3)nc1C. The quantitative estimate of drug-likeness (QED) is 0.810. The Morgan fingerprint density at radius 2 is 2.40 bits per heavy atom. The lowest BCUT2D eigenvalue weighted by Gasteiger charge is -2.08. The number of thiophene rings is 1. The van der Waals surface area contributed by atoms with Crippen molar-refractivity contribution in [1.29, 1.82) is 0 Å². The van der Waals surface area contributed by atoms with E-state index in [9.17, 15) is 4.79 Å². The zero-order valence-electron chi connectivity index (χ0n) is 11.4. The summed E-state index contributed by atoms with van der Waals surface area (Å²) in [5.41, 5.74) is 1.95. The molecule has 0 atom stereocenters. The van der Waals surface area contributed by atoms with Crippen molar-refractivity contribution in [3.63, 3.8) is 0 Å². The number of thioether (sulfide) groups is 1. The first kappa shape index (κ1) is 13.7. The van der Waals surface area contributed by atoms with Crippen LogP contribution < -0.4 is 0 Å². The van der Waals surface area contributed by atoms with Crippen molar-refractivity contribution in [2.75, 3.05) is 12.4 Å². The number of carbonyl (C=O) groups excluding carboxylic acids is 1. The summed E-state index contributed by atoms with van der Waals surface area (Å²) in [6.07, 6.45) is 1.11.